The standard InChI is InChI=1S/C14H16F3NO/c1-9(2)18-8-10(5-6-19)12-7-11(14(15,16)17)3-4-13(12)18/h3-4,7-9,19H,5-6H2,1-2H3. The van der Waals surface area contributed by atoms with E-state index in [2.05, 4.69) is 0 Å². The summed E-state index contributed by atoms with van der Waals surface area (Å²) >= 11 is 0. The first-order valence-electron chi connectivity index (χ1n) is 6.16. The third kappa shape index (κ3) is 2.61. The van der Waals surface area contributed by atoms with Crippen molar-refractivity contribution in [3.05, 3.63) is 35.5 Å². The SMILES string of the molecule is CC(C)n1cc(CCO)c2cc(C(F)(F)F)ccc21. The van der Waals surface area contributed by atoms with Crippen LogP contribution in [-0.4, -0.2) is 16.3 Å². The van der Waals surface area contributed by atoms with Crippen LogP contribution in [0.1, 0.15) is 31.0 Å². The van der Waals surface area contributed by atoms with E-state index in [4.69, 9.17) is 5.11 Å². The fourth-order valence-electron chi connectivity index (χ4n) is 2.25. The summed E-state index contributed by atoms with van der Waals surface area (Å²) in [5.41, 5.74) is 0.865. The maximum absolute atomic E-state index is 12.7. The van der Waals surface area contributed by atoms with Gasteiger partial charge in [-0.2, -0.15) is 13.2 Å². The van der Waals surface area contributed by atoms with Crippen LogP contribution in [-0.2, 0) is 12.6 Å². The fourth-order valence-corrected chi connectivity index (χ4v) is 2.25. The van der Waals surface area contributed by atoms with Crippen LogP contribution in [0.4, 0.5) is 13.2 Å². The number of aliphatic hydroxyl groups is 1. The molecule has 2 nitrogen and oxygen atoms in total. The molecule has 0 radical (unpaired) electrons. The third-order valence-corrected chi connectivity index (χ3v) is 3.18. The number of benzene rings is 1. The van der Waals surface area contributed by atoms with E-state index in [-0.39, 0.29) is 12.6 Å². The Morgan fingerprint density at radius 3 is 2.47 bits per heavy atom. The third-order valence-electron chi connectivity index (χ3n) is 3.18. The summed E-state index contributed by atoms with van der Waals surface area (Å²) in [6, 6.07) is 3.93. The van der Waals surface area contributed by atoms with E-state index in [1.165, 1.54) is 12.1 Å². The molecular weight excluding hydrogens is 255 g/mol. The summed E-state index contributed by atoms with van der Waals surface area (Å²) in [6.45, 7) is 3.87. The highest BCUT2D eigenvalue weighted by Gasteiger charge is 2.31. The van der Waals surface area contributed by atoms with Gasteiger partial charge in [0.1, 0.15) is 0 Å². The summed E-state index contributed by atoms with van der Waals surface area (Å²) in [7, 11) is 0. The number of hydrogen-bond donors (Lipinski definition) is 1. The topological polar surface area (TPSA) is 25.2 Å². The highest BCUT2D eigenvalue weighted by atomic mass is 19.4. The van der Waals surface area contributed by atoms with Crippen LogP contribution in [0.25, 0.3) is 10.9 Å². The van der Waals surface area contributed by atoms with Gasteiger partial charge in [-0.25, -0.2) is 0 Å². The van der Waals surface area contributed by atoms with E-state index in [1.54, 1.807) is 0 Å². The lowest BCUT2D eigenvalue weighted by molar-refractivity contribution is -0.137. The number of halogens is 3. The summed E-state index contributed by atoms with van der Waals surface area (Å²) in [6.07, 6.45) is -2.16. The Morgan fingerprint density at radius 2 is 1.95 bits per heavy atom. The van der Waals surface area contributed by atoms with E-state index < -0.39 is 11.7 Å². The normalized spacial score (nSPS) is 12.6. The largest absolute Gasteiger partial charge is 0.416 e. The Morgan fingerprint density at radius 1 is 1.26 bits per heavy atom. The zero-order chi connectivity index (χ0) is 14.2. The number of rotatable bonds is 3. The molecule has 104 valence electrons. The van der Waals surface area contributed by atoms with Crippen LogP contribution in [0.15, 0.2) is 24.4 Å². The van der Waals surface area contributed by atoms with E-state index in [9.17, 15) is 13.2 Å². The maximum Gasteiger partial charge on any atom is 0.416 e. The highest BCUT2D eigenvalue weighted by molar-refractivity contribution is 5.85. The summed E-state index contributed by atoms with van der Waals surface area (Å²) < 4.78 is 40.2. The van der Waals surface area contributed by atoms with Gasteiger partial charge in [0.05, 0.1) is 5.56 Å². The Bertz CT molecular complexity index is 584. The molecule has 1 aromatic carbocycles. The molecule has 0 fully saturated rings. The van der Waals surface area contributed by atoms with E-state index in [0.29, 0.717) is 11.8 Å². The van der Waals surface area contributed by atoms with Gasteiger partial charge in [-0.05, 0) is 44.0 Å². The summed E-state index contributed by atoms with van der Waals surface area (Å²) in [5.74, 6) is 0. The van der Waals surface area contributed by atoms with Crippen molar-refractivity contribution in [2.75, 3.05) is 6.61 Å². The lowest BCUT2D eigenvalue weighted by Gasteiger charge is -2.10. The molecule has 0 aliphatic heterocycles. The van der Waals surface area contributed by atoms with Crippen molar-refractivity contribution in [3.8, 4) is 0 Å². The molecule has 1 heterocycles. The van der Waals surface area contributed by atoms with Gasteiger partial charge >= 0.3 is 6.18 Å². The van der Waals surface area contributed by atoms with Gasteiger partial charge < -0.3 is 9.67 Å². The van der Waals surface area contributed by atoms with E-state index in [0.717, 1.165) is 17.1 Å². The quantitative estimate of drug-likeness (QED) is 0.903. The minimum atomic E-state index is -4.34. The molecule has 19 heavy (non-hydrogen) atoms. The molecule has 0 saturated heterocycles. The van der Waals surface area contributed by atoms with Crippen LogP contribution in [0.5, 0.6) is 0 Å². The van der Waals surface area contributed by atoms with Gasteiger partial charge in [0.15, 0.2) is 0 Å². The zero-order valence-electron chi connectivity index (χ0n) is 10.8. The van der Waals surface area contributed by atoms with Crippen LogP contribution >= 0.6 is 0 Å². The van der Waals surface area contributed by atoms with Gasteiger partial charge in [0, 0.05) is 29.7 Å². The average molecular weight is 271 g/mol. The smallest absolute Gasteiger partial charge is 0.396 e. The van der Waals surface area contributed by atoms with Gasteiger partial charge in [0.25, 0.3) is 0 Å². The Balaban J connectivity index is 2.66. The summed E-state index contributed by atoms with van der Waals surface area (Å²) in [5, 5.41) is 9.59. The number of fused-ring (bicyclic) bond motifs is 1. The fraction of sp³-hybridized carbons (Fsp3) is 0.429. The molecule has 0 aliphatic rings. The minimum absolute atomic E-state index is 0.0759. The van der Waals surface area contributed by atoms with Gasteiger partial charge in [-0.1, -0.05) is 0 Å². The number of nitrogens with zero attached hydrogens (tertiary/aromatic N) is 1. The zero-order valence-corrected chi connectivity index (χ0v) is 10.8. The van der Waals surface area contributed by atoms with Crippen molar-refractivity contribution in [2.24, 2.45) is 0 Å². The van der Waals surface area contributed by atoms with Crippen LogP contribution < -0.4 is 0 Å². The van der Waals surface area contributed by atoms with E-state index in [1.807, 2.05) is 24.6 Å². The first kappa shape index (κ1) is 13.9. The second-order valence-electron chi connectivity index (χ2n) is 4.86. The van der Waals surface area contributed by atoms with Crippen molar-refractivity contribution >= 4 is 10.9 Å². The first-order chi connectivity index (χ1) is 8.84. The van der Waals surface area contributed by atoms with Crippen molar-refractivity contribution in [2.45, 2.75) is 32.5 Å². The lowest BCUT2D eigenvalue weighted by atomic mass is 10.1. The van der Waals surface area contributed by atoms with Gasteiger partial charge in [0.2, 0.25) is 0 Å². The molecule has 0 atom stereocenters. The molecule has 2 aromatic rings. The molecule has 2 rings (SSSR count). The van der Waals surface area contributed by atoms with Crippen molar-refractivity contribution in [1.82, 2.24) is 4.57 Å². The Kier molecular flexibility index (Phi) is 3.58. The van der Waals surface area contributed by atoms with Crippen LogP contribution in [0.2, 0.25) is 0 Å². The molecule has 0 aliphatic carbocycles. The monoisotopic (exact) mass is 271 g/mol. The van der Waals surface area contributed by atoms with Crippen molar-refractivity contribution < 1.29 is 18.3 Å². The molecule has 1 aromatic heterocycles. The second-order valence-corrected chi connectivity index (χ2v) is 4.86. The Labute approximate surface area is 109 Å². The van der Waals surface area contributed by atoms with Gasteiger partial charge in [-0.15, -0.1) is 0 Å². The number of aliphatic hydroxyl groups excluding tert-OH is 1. The minimum Gasteiger partial charge on any atom is -0.396 e. The molecular formula is C14H16F3NO. The molecule has 0 spiro atoms. The average Bonchev–Trinajstić information content (AvgIpc) is 2.67. The molecule has 0 amide bonds. The molecule has 0 saturated carbocycles. The molecule has 5 heteroatoms. The van der Waals surface area contributed by atoms with Crippen LogP contribution in [0, 0.1) is 0 Å². The Hall–Kier alpha value is -1.49. The van der Waals surface area contributed by atoms with Gasteiger partial charge in [-0.3, -0.25) is 0 Å². The summed E-state index contributed by atoms with van der Waals surface area (Å²) in [4.78, 5) is 0. The number of alkyl halides is 3. The molecule has 0 unspecified atom stereocenters. The maximum atomic E-state index is 12.7. The molecule has 1 N–H and O–H groups in total. The lowest BCUT2D eigenvalue weighted by Crippen LogP contribution is -2.04. The highest BCUT2D eigenvalue weighted by Crippen LogP contribution is 2.34. The second kappa shape index (κ2) is 4.89. The molecule has 0 bridgehead atoms. The van der Waals surface area contributed by atoms with Crippen LogP contribution in [0.3, 0.4) is 0 Å². The van der Waals surface area contributed by atoms with E-state index >= 15 is 0 Å². The van der Waals surface area contributed by atoms with Crippen molar-refractivity contribution in [1.29, 1.82) is 0 Å². The predicted molar refractivity (Wildman–Crippen MR) is 68.1 cm³/mol. The first-order valence-corrected chi connectivity index (χ1v) is 6.16. The number of aromatic nitrogens is 1. The number of hydrogen-bond acceptors (Lipinski definition) is 1. The predicted octanol–water partition coefficient (Wildman–Crippen LogP) is 3.78. The van der Waals surface area contributed by atoms with Crippen molar-refractivity contribution in [3.63, 3.8) is 0 Å².